The predicted octanol–water partition coefficient (Wildman–Crippen LogP) is 1.53. The summed E-state index contributed by atoms with van der Waals surface area (Å²) in [6, 6.07) is 8.94. The van der Waals surface area contributed by atoms with Gasteiger partial charge in [0.1, 0.15) is 0 Å². The van der Waals surface area contributed by atoms with Gasteiger partial charge >= 0.3 is 0 Å². The van der Waals surface area contributed by atoms with Crippen molar-refractivity contribution in [3.8, 4) is 0 Å². The molecular weight excluding hydrogens is 212 g/mol. The first-order valence-corrected chi connectivity index (χ1v) is 6.24. The van der Waals surface area contributed by atoms with E-state index in [-0.39, 0.29) is 11.9 Å². The minimum atomic E-state index is 0.141. The summed E-state index contributed by atoms with van der Waals surface area (Å²) >= 11 is 0. The molecule has 0 radical (unpaired) electrons. The van der Waals surface area contributed by atoms with Crippen molar-refractivity contribution < 1.29 is 4.79 Å². The van der Waals surface area contributed by atoms with Crippen LogP contribution in [0.25, 0.3) is 0 Å². The molecule has 0 aromatic heterocycles. The molecule has 17 heavy (non-hydrogen) atoms. The fraction of sp³-hybridized carbons (Fsp3) is 0.500. The molecule has 0 aliphatic heterocycles. The van der Waals surface area contributed by atoms with Gasteiger partial charge in [0.25, 0.3) is 0 Å². The van der Waals surface area contributed by atoms with Gasteiger partial charge in [0.15, 0.2) is 0 Å². The number of carbonyl (C=O) groups excluding carboxylic acids is 1. The minimum Gasteiger partial charge on any atom is -0.353 e. The van der Waals surface area contributed by atoms with Crippen molar-refractivity contribution in [3.63, 3.8) is 0 Å². The predicted molar refractivity (Wildman–Crippen MR) is 68.6 cm³/mol. The Morgan fingerprint density at radius 2 is 2.00 bits per heavy atom. The molecule has 1 fully saturated rings. The first-order chi connectivity index (χ1) is 8.13. The number of carbonyl (C=O) groups is 1. The second-order valence-electron chi connectivity index (χ2n) is 4.98. The molecule has 3 heteroatoms. The van der Waals surface area contributed by atoms with Gasteiger partial charge in [0, 0.05) is 18.5 Å². The normalized spacial score (nSPS) is 22.9. The average Bonchev–Trinajstić information content (AvgIpc) is 2.26. The Kier molecular flexibility index (Phi) is 3.79. The summed E-state index contributed by atoms with van der Waals surface area (Å²) in [4.78, 5) is 11.6. The molecule has 0 bridgehead atoms. The Bertz CT molecular complexity index is 380. The standard InChI is InChI=1S/C14H20N2O/c1-10-2-4-11(5-3-10)6-7-14(17)16-13-8-12(15)9-13/h2-5,12-13H,6-9,15H2,1H3,(H,16,17). The first kappa shape index (κ1) is 12.1. The zero-order chi connectivity index (χ0) is 12.3. The maximum atomic E-state index is 11.6. The van der Waals surface area contributed by atoms with Crippen molar-refractivity contribution >= 4 is 5.91 Å². The molecule has 1 aromatic rings. The lowest BCUT2D eigenvalue weighted by Crippen LogP contribution is -2.50. The van der Waals surface area contributed by atoms with Crippen LogP contribution in [0.4, 0.5) is 0 Å². The van der Waals surface area contributed by atoms with Gasteiger partial charge < -0.3 is 11.1 Å². The molecule has 0 spiro atoms. The van der Waals surface area contributed by atoms with Crippen LogP contribution >= 0.6 is 0 Å². The van der Waals surface area contributed by atoms with Crippen molar-refractivity contribution in [2.75, 3.05) is 0 Å². The number of amides is 1. The summed E-state index contributed by atoms with van der Waals surface area (Å²) in [5.41, 5.74) is 8.14. The lowest BCUT2D eigenvalue weighted by Gasteiger charge is -2.32. The van der Waals surface area contributed by atoms with Crippen molar-refractivity contribution in [2.45, 2.75) is 44.7 Å². The lowest BCUT2D eigenvalue weighted by molar-refractivity contribution is -0.122. The maximum absolute atomic E-state index is 11.6. The Morgan fingerprint density at radius 1 is 1.35 bits per heavy atom. The molecule has 1 amide bonds. The van der Waals surface area contributed by atoms with Crippen LogP contribution in [0.3, 0.4) is 0 Å². The highest BCUT2D eigenvalue weighted by atomic mass is 16.1. The third kappa shape index (κ3) is 3.56. The number of hydrogen-bond donors (Lipinski definition) is 2. The van der Waals surface area contributed by atoms with E-state index in [9.17, 15) is 4.79 Å². The number of benzene rings is 1. The van der Waals surface area contributed by atoms with Gasteiger partial charge in [0.2, 0.25) is 5.91 Å². The molecule has 0 saturated heterocycles. The summed E-state index contributed by atoms with van der Waals surface area (Å²) in [6.07, 6.45) is 3.23. The molecule has 0 unspecified atom stereocenters. The molecule has 1 aromatic carbocycles. The van der Waals surface area contributed by atoms with Crippen LogP contribution < -0.4 is 11.1 Å². The third-order valence-electron chi connectivity index (χ3n) is 3.30. The van der Waals surface area contributed by atoms with Crippen LogP contribution in [-0.4, -0.2) is 18.0 Å². The number of nitrogens with two attached hydrogens (primary N) is 1. The fourth-order valence-electron chi connectivity index (χ4n) is 2.09. The summed E-state index contributed by atoms with van der Waals surface area (Å²) in [6.45, 7) is 2.07. The minimum absolute atomic E-state index is 0.141. The summed E-state index contributed by atoms with van der Waals surface area (Å²) in [5, 5.41) is 3.01. The first-order valence-electron chi connectivity index (χ1n) is 6.24. The zero-order valence-corrected chi connectivity index (χ0v) is 10.3. The Hall–Kier alpha value is -1.35. The van der Waals surface area contributed by atoms with E-state index in [0.29, 0.717) is 12.5 Å². The van der Waals surface area contributed by atoms with Gasteiger partial charge in [-0.25, -0.2) is 0 Å². The molecule has 1 aliphatic carbocycles. The third-order valence-corrected chi connectivity index (χ3v) is 3.30. The summed E-state index contributed by atoms with van der Waals surface area (Å²) < 4.78 is 0. The molecule has 1 aliphatic rings. The van der Waals surface area contributed by atoms with Crippen molar-refractivity contribution in [3.05, 3.63) is 35.4 Å². The van der Waals surface area contributed by atoms with E-state index in [0.717, 1.165) is 19.3 Å². The lowest BCUT2D eigenvalue weighted by atomic mass is 9.87. The Balaban J connectivity index is 1.70. The number of hydrogen-bond acceptors (Lipinski definition) is 2. The van der Waals surface area contributed by atoms with Gasteiger partial charge in [-0.05, 0) is 31.7 Å². The van der Waals surface area contributed by atoms with E-state index >= 15 is 0 Å². The quantitative estimate of drug-likeness (QED) is 0.827. The molecule has 2 rings (SSSR count). The van der Waals surface area contributed by atoms with E-state index < -0.39 is 0 Å². The molecule has 3 nitrogen and oxygen atoms in total. The van der Waals surface area contributed by atoms with E-state index in [1.807, 2.05) is 0 Å². The van der Waals surface area contributed by atoms with E-state index in [2.05, 4.69) is 36.5 Å². The Labute approximate surface area is 102 Å². The highest BCUT2D eigenvalue weighted by Crippen LogP contribution is 2.17. The van der Waals surface area contributed by atoms with E-state index in [1.165, 1.54) is 11.1 Å². The Morgan fingerprint density at radius 3 is 2.59 bits per heavy atom. The van der Waals surface area contributed by atoms with Crippen LogP contribution in [0.1, 0.15) is 30.4 Å². The zero-order valence-electron chi connectivity index (χ0n) is 10.3. The smallest absolute Gasteiger partial charge is 0.220 e. The van der Waals surface area contributed by atoms with Crippen molar-refractivity contribution in [2.24, 2.45) is 5.73 Å². The fourth-order valence-corrected chi connectivity index (χ4v) is 2.09. The number of rotatable bonds is 4. The largest absolute Gasteiger partial charge is 0.353 e. The second kappa shape index (κ2) is 5.32. The monoisotopic (exact) mass is 232 g/mol. The van der Waals surface area contributed by atoms with Crippen molar-refractivity contribution in [1.82, 2.24) is 5.32 Å². The average molecular weight is 232 g/mol. The van der Waals surface area contributed by atoms with Crippen LogP contribution in [0.5, 0.6) is 0 Å². The van der Waals surface area contributed by atoms with Gasteiger partial charge in [-0.3, -0.25) is 4.79 Å². The van der Waals surface area contributed by atoms with E-state index in [1.54, 1.807) is 0 Å². The van der Waals surface area contributed by atoms with Crippen LogP contribution in [0.15, 0.2) is 24.3 Å². The van der Waals surface area contributed by atoms with Crippen LogP contribution in [0.2, 0.25) is 0 Å². The molecular formula is C14H20N2O. The second-order valence-corrected chi connectivity index (χ2v) is 4.98. The highest BCUT2D eigenvalue weighted by molar-refractivity contribution is 5.76. The molecule has 1 saturated carbocycles. The SMILES string of the molecule is Cc1ccc(CCC(=O)NC2CC(N)C2)cc1. The number of nitrogens with one attached hydrogen (secondary N) is 1. The van der Waals surface area contributed by atoms with E-state index in [4.69, 9.17) is 5.73 Å². The molecule has 92 valence electrons. The molecule has 0 heterocycles. The summed E-state index contributed by atoms with van der Waals surface area (Å²) in [5.74, 6) is 0.141. The summed E-state index contributed by atoms with van der Waals surface area (Å²) in [7, 11) is 0. The number of aryl methyl sites for hydroxylation is 2. The van der Waals surface area contributed by atoms with Crippen molar-refractivity contribution in [1.29, 1.82) is 0 Å². The van der Waals surface area contributed by atoms with Gasteiger partial charge in [-0.2, -0.15) is 0 Å². The van der Waals surface area contributed by atoms with Crippen LogP contribution in [-0.2, 0) is 11.2 Å². The maximum Gasteiger partial charge on any atom is 0.220 e. The molecule has 3 N–H and O–H groups in total. The van der Waals surface area contributed by atoms with Crippen LogP contribution in [0, 0.1) is 6.92 Å². The van der Waals surface area contributed by atoms with Gasteiger partial charge in [0.05, 0.1) is 0 Å². The highest BCUT2D eigenvalue weighted by Gasteiger charge is 2.26. The topological polar surface area (TPSA) is 55.1 Å². The van der Waals surface area contributed by atoms with Gasteiger partial charge in [-0.1, -0.05) is 29.8 Å². The molecule has 0 atom stereocenters. The van der Waals surface area contributed by atoms with Gasteiger partial charge in [-0.15, -0.1) is 0 Å².